The highest BCUT2D eigenvalue weighted by Gasteiger charge is 2.11. The van der Waals surface area contributed by atoms with Crippen LogP contribution < -0.4 is 5.32 Å². The predicted molar refractivity (Wildman–Crippen MR) is 94.2 cm³/mol. The highest BCUT2D eigenvalue weighted by Crippen LogP contribution is 2.15. The molecule has 3 aromatic rings. The Hall–Kier alpha value is -3.21. The Morgan fingerprint density at radius 3 is 2.54 bits per heavy atom. The van der Waals surface area contributed by atoms with Crippen molar-refractivity contribution in [2.45, 2.75) is 0 Å². The number of carbonyl (C=O) groups excluding carboxylic acids is 2. The number of rotatable bonds is 3. The summed E-state index contributed by atoms with van der Waals surface area (Å²) in [6.07, 6.45) is 0. The molecular formula is C19H17N3O2. The van der Waals surface area contributed by atoms with Gasteiger partial charge in [-0.1, -0.05) is 30.3 Å². The fraction of sp³-hybridized carbons (Fsp3) is 0.105. The van der Waals surface area contributed by atoms with Crippen LogP contribution in [0.2, 0.25) is 0 Å². The molecule has 0 atom stereocenters. The Labute approximate surface area is 139 Å². The average molecular weight is 319 g/mol. The number of benzene rings is 2. The standard InChI is InChI=1S/C19H17N3O2/c1-22(2)19(24)14-7-5-8-15(12-14)20-18(23)17-11-10-13-6-3-4-9-16(13)21-17/h3-12H,1-2H3,(H,20,23). The summed E-state index contributed by atoms with van der Waals surface area (Å²) in [6, 6.07) is 18.0. The normalized spacial score (nSPS) is 10.4. The summed E-state index contributed by atoms with van der Waals surface area (Å²) in [5.41, 5.74) is 2.17. The van der Waals surface area contributed by atoms with Crippen molar-refractivity contribution in [3.05, 3.63) is 71.9 Å². The van der Waals surface area contributed by atoms with Crippen LogP contribution in [0.3, 0.4) is 0 Å². The monoisotopic (exact) mass is 319 g/mol. The first-order valence-corrected chi connectivity index (χ1v) is 7.53. The Kier molecular flexibility index (Phi) is 4.24. The predicted octanol–water partition coefficient (Wildman–Crippen LogP) is 3.19. The van der Waals surface area contributed by atoms with Crippen molar-refractivity contribution in [2.75, 3.05) is 19.4 Å². The van der Waals surface area contributed by atoms with Crippen molar-refractivity contribution in [1.82, 2.24) is 9.88 Å². The average Bonchev–Trinajstić information content (AvgIpc) is 2.60. The number of pyridine rings is 1. The van der Waals surface area contributed by atoms with Gasteiger partial charge in [-0.3, -0.25) is 9.59 Å². The molecule has 5 heteroatoms. The molecule has 2 amide bonds. The maximum absolute atomic E-state index is 12.4. The van der Waals surface area contributed by atoms with Gasteiger partial charge in [0, 0.05) is 30.7 Å². The second-order valence-electron chi connectivity index (χ2n) is 5.62. The Morgan fingerprint density at radius 2 is 1.75 bits per heavy atom. The lowest BCUT2D eigenvalue weighted by Gasteiger charge is -2.11. The van der Waals surface area contributed by atoms with Gasteiger partial charge in [0.1, 0.15) is 5.69 Å². The van der Waals surface area contributed by atoms with E-state index in [1.807, 2.05) is 30.3 Å². The lowest BCUT2D eigenvalue weighted by molar-refractivity contribution is 0.0827. The van der Waals surface area contributed by atoms with Crippen LogP contribution in [0.25, 0.3) is 10.9 Å². The first kappa shape index (κ1) is 15.7. The first-order valence-electron chi connectivity index (χ1n) is 7.53. The fourth-order valence-corrected chi connectivity index (χ4v) is 2.38. The number of fused-ring (bicyclic) bond motifs is 1. The van der Waals surface area contributed by atoms with Crippen molar-refractivity contribution in [1.29, 1.82) is 0 Å². The molecule has 24 heavy (non-hydrogen) atoms. The fourth-order valence-electron chi connectivity index (χ4n) is 2.38. The van der Waals surface area contributed by atoms with E-state index in [9.17, 15) is 9.59 Å². The number of nitrogens with zero attached hydrogens (tertiary/aromatic N) is 2. The topological polar surface area (TPSA) is 62.3 Å². The molecule has 2 aromatic carbocycles. The van der Waals surface area contributed by atoms with E-state index < -0.39 is 0 Å². The van der Waals surface area contributed by atoms with Crippen LogP contribution in [0.15, 0.2) is 60.7 Å². The van der Waals surface area contributed by atoms with Crippen molar-refractivity contribution in [3.8, 4) is 0 Å². The summed E-state index contributed by atoms with van der Waals surface area (Å²) in [6.45, 7) is 0. The summed E-state index contributed by atoms with van der Waals surface area (Å²) in [4.78, 5) is 30.3. The number of hydrogen-bond donors (Lipinski definition) is 1. The number of para-hydroxylation sites is 1. The van der Waals surface area contributed by atoms with Gasteiger partial charge in [-0.05, 0) is 30.3 Å². The van der Waals surface area contributed by atoms with E-state index in [-0.39, 0.29) is 11.8 Å². The third-order valence-corrected chi connectivity index (χ3v) is 3.60. The van der Waals surface area contributed by atoms with E-state index in [1.165, 1.54) is 4.90 Å². The summed E-state index contributed by atoms with van der Waals surface area (Å²) in [7, 11) is 3.37. The zero-order valence-electron chi connectivity index (χ0n) is 13.5. The van der Waals surface area contributed by atoms with Crippen molar-refractivity contribution in [2.24, 2.45) is 0 Å². The third-order valence-electron chi connectivity index (χ3n) is 3.60. The number of anilines is 1. The van der Waals surface area contributed by atoms with E-state index in [2.05, 4.69) is 10.3 Å². The number of hydrogen-bond acceptors (Lipinski definition) is 3. The molecule has 0 unspecified atom stereocenters. The highest BCUT2D eigenvalue weighted by atomic mass is 16.2. The summed E-state index contributed by atoms with van der Waals surface area (Å²) >= 11 is 0. The maximum atomic E-state index is 12.4. The minimum Gasteiger partial charge on any atom is -0.345 e. The summed E-state index contributed by atoms with van der Waals surface area (Å²) in [5, 5.41) is 3.76. The van der Waals surface area contributed by atoms with Crippen molar-refractivity contribution < 1.29 is 9.59 Å². The summed E-state index contributed by atoms with van der Waals surface area (Å²) in [5.74, 6) is -0.426. The van der Waals surface area contributed by atoms with E-state index >= 15 is 0 Å². The van der Waals surface area contributed by atoms with Gasteiger partial charge >= 0.3 is 0 Å². The second-order valence-corrected chi connectivity index (χ2v) is 5.62. The lowest BCUT2D eigenvalue weighted by Crippen LogP contribution is -2.22. The van der Waals surface area contributed by atoms with Gasteiger partial charge in [0.25, 0.3) is 11.8 Å². The van der Waals surface area contributed by atoms with Crippen LogP contribution in [-0.4, -0.2) is 35.8 Å². The van der Waals surface area contributed by atoms with Crippen LogP contribution in [0.4, 0.5) is 5.69 Å². The molecular weight excluding hydrogens is 302 g/mol. The quantitative estimate of drug-likeness (QED) is 0.806. The van der Waals surface area contributed by atoms with Crippen LogP contribution in [0.5, 0.6) is 0 Å². The van der Waals surface area contributed by atoms with Gasteiger partial charge in [-0.2, -0.15) is 0 Å². The van der Waals surface area contributed by atoms with Gasteiger partial charge in [0.05, 0.1) is 5.52 Å². The zero-order chi connectivity index (χ0) is 17.1. The Balaban J connectivity index is 1.83. The molecule has 0 saturated carbocycles. The SMILES string of the molecule is CN(C)C(=O)c1cccc(NC(=O)c2ccc3ccccc3n2)c1. The number of carbonyl (C=O) groups is 2. The van der Waals surface area contributed by atoms with Crippen molar-refractivity contribution in [3.63, 3.8) is 0 Å². The molecule has 1 N–H and O–H groups in total. The maximum Gasteiger partial charge on any atom is 0.274 e. The van der Waals surface area contributed by atoms with Crippen LogP contribution in [0.1, 0.15) is 20.8 Å². The minimum atomic E-state index is -0.310. The van der Waals surface area contributed by atoms with Crippen LogP contribution in [-0.2, 0) is 0 Å². The molecule has 0 fully saturated rings. The first-order chi connectivity index (χ1) is 11.5. The molecule has 0 radical (unpaired) electrons. The molecule has 5 nitrogen and oxygen atoms in total. The largest absolute Gasteiger partial charge is 0.345 e. The Bertz CT molecular complexity index is 919. The molecule has 120 valence electrons. The van der Waals surface area contributed by atoms with Gasteiger partial charge in [-0.25, -0.2) is 4.98 Å². The highest BCUT2D eigenvalue weighted by molar-refractivity contribution is 6.04. The molecule has 1 aromatic heterocycles. The van der Waals surface area contributed by atoms with Gasteiger partial charge < -0.3 is 10.2 Å². The Morgan fingerprint density at radius 1 is 0.958 bits per heavy atom. The van der Waals surface area contributed by atoms with Gasteiger partial charge in [0.15, 0.2) is 0 Å². The van der Waals surface area contributed by atoms with Crippen molar-refractivity contribution >= 4 is 28.4 Å². The number of amides is 2. The molecule has 3 rings (SSSR count). The molecule has 0 aliphatic rings. The lowest BCUT2D eigenvalue weighted by atomic mass is 10.1. The molecule has 0 spiro atoms. The smallest absolute Gasteiger partial charge is 0.274 e. The van der Waals surface area contributed by atoms with E-state index in [0.29, 0.717) is 16.9 Å². The number of aromatic nitrogens is 1. The third kappa shape index (κ3) is 3.25. The van der Waals surface area contributed by atoms with Crippen LogP contribution in [0, 0.1) is 0 Å². The molecule has 1 heterocycles. The minimum absolute atomic E-state index is 0.116. The van der Waals surface area contributed by atoms with E-state index in [0.717, 1.165) is 10.9 Å². The molecule has 0 aliphatic carbocycles. The van der Waals surface area contributed by atoms with E-state index in [4.69, 9.17) is 0 Å². The van der Waals surface area contributed by atoms with E-state index in [1.54, 1.807) is 44.4 Å². The van der Waals surface area contributed by atoms with Crippen LogP contribution >= 0.6 is 0 Å². The molecule has 0 bridgehead atoms. The molecule has 0 aliphatic heterocycles. The number of nitrogens with one attached hydrogen (secondary N) is 1. The summed E-state index contributed by atoms with van der Waals surface area (Å²) < 4.78 is 0. The van der Waals surface area contributed by atoms with Gasteiger partial charge in [-0.15, -0.1) is 0 Å². The van der Waals surface area contributed by atoms with Gasteiger partial charge in [0.2, 0.25) is 0 Å². The zero-order valence-corrected chi connectivity index (χ0v) is 13.5. The second kappa shape index (κ2) is 6.50. The molecule has 0 saturated heterocycles.